The molecule has 0 aliphatic carbocycles. The number of rotatable bonds is 4. The third kappa shape index (κ3) is 3.72. The van der Waals surface area contributed by atoms with Gasteiger partial charge in [-0.15, -0.1) is 10.2 Å². The van der Waals surface area contributed by atoms with Crippen molar-refractivity contribution in [1.29, 1.82) is 0 Å². The summed E-state index contributed by atoms with van der Waals surface area (Å²) in [5, 5.41) is 15.8. The van der Waals surface area contributed by atoms with E-state index < -0.39 is 0 Å². The predicted molar refractivity (Wildman–Crippen MR) is 96.8 cm³/mol. The van der Waals surface area contributed by atoms with Gasteiger partial charge in [-0.05, 0) is 47.9 Å². The van der Waals surface area contributed by atoms with E-state index in [2.05, 4.69) is 25.8 Å². The molecule has 1 aliphatic heterocycles. The standard InChI is InChI=1S/C18H17N5OS/c24-17(14-3-4-15-11-20-7-5-13(15)9-14)21-18-23-22-16(25-18)8-12-2-1-6-19-10-12/h1-4,6,9-10,20H,5,7-8,11H2,(H,21,23,24). The Bertz CT molecular complexity index is 893. The fraction of sp³-hybridized carbons (Fsp3) is 0.222. The van der Waals surface area contributed by atoms with Crippen molar-refractivity contribution in [2.45, 2.75) is 19.4 Å². The molecule has 2 aromatic heterocycles. The van der Waals surface area contributed by atoms with Gasteiger partial charge in [-0.25, -0.2) is 0 Å². The monoisotopic (exact) mass is 351 g/mol. The number of pyridine rings is 1. The zero-order valence-corrected chi connectivity index (χ0v) is 14.3. The molecule has 0 unspecified atom stereocenters. The topological polar surface area (TPSA) is 79.8 Å². The summed E-state index contributed by atoms with van der Waals surface area (Å²) < 4.78 is 0. The predicted octanol–water partition coefficient (Wildman–Crippen LogP) is 2.42. The van der Waals surface area contributed by atoms with Gasteiger partial charge in [0.05, 0.1) is 0 Å². The number of fused-ring (bicyclic) bond motifs is 1. The fourth-order valence-electron chi connectivity index (χ4n) is 2.84. The lowest BCUT2D eigenvalue weighted by molar-refractivity contribution is 0.102. The van der Waals surface area contributed by atoms with E-state index >= 15 is 0 Å². The first-order valence-electron chi connectivity index (χ1n) is 8.13. The Kier molecular flexibility index (Phi) is 4.49. The third-order valence-electron chi connectivity index (χ3n) is 4.12. The molecule has 1 aliphatic rings. The van der Waals surface area contributed by atoms with Gasteiger partial charge in [0, 0.05) is 30.9 Å². The number of nitrogens with zero attached hydrogens (tertiary/aromatic N) is 3. The molecule has 0 saturated carbocycles. The van der Waals surface area contributed by atoms with E-state index in [1.54, 1.807) is 6.20 Å². The molecule has 0 spiro atoms. The van der Waals surface area contributed by atoms with Gasteiger partial charge in [0.15, 0.2) is 0 Å². The summed E-state index contributed by atoms with van der Waals surface area (Å²) in [6.45, 7) is 1.82. The highest BCUT2D eigenvalue weighted by Crippen LogP contribution is 2.20. The molecular weight excluding hydrogens is 334 g/mol. The van der Waals surface area contributed by atoms with Crippen LogP contribution in [0.4, 0.5) is 5.13 Å². The van der Waals surface area contributed by atoms with E-state index in [0.717, 1.165) is 30.1 Å². The average molecular weight is 351 g/mol. The Morgan fingerprint density at radius 2 is 2.20 bits per heavy atom. The number of amides is 1. The highest BCUT2D eigenvalue weighted by molar-refractivity contribution is 7.15. The van der Waals surface area contributed by atoms with Crippen LogP contribution in [-0.2, 0) is 19.4 Å². The van der Waals surface area contributed by atoms with Gasteiger partial charge < -0.3 is 5.32 Å². The van der Waals surface area contributed by atoms with Crippen molar-refractivity contribution in [3.05, 3.63) is 70.0 Å². The van der Waals surface area contributed by atoms with Crippen LogP contribution in [0.15, 0.2) is 42.7 Å². The number of hydrogen-bond donors (Lipinski definition) is 2. The molecule has 0 bridgehead atoms. The SMILES string of the molecule is O=C(Nc1nnc(Cc2cccnc2)s1)c1ccc2c(c1)CCNC2. The second-order valence-corrected chi connectivity index (χ2v) is 6.97. The first-order valence-corrected chi connectivity index (χ1v) is 8.95. The molecule has 0 radical (unpaired) electrons. The summed E-state index contributed by atoms with van der Waals surface area (Å²) in [7, 11) is 0. The van der Waals surface area contributed by atoms with Crippen LogP contribution in [-0.4, -0.2) is 27.6 Å². The van der Waals surface area contributed by atoms with Crippen molar-refractivity contribution in [1.82, 2.24) is 20.5 Å². The summed E-state index contributed by atoms with van der Waals surface area (Å²) in [6, 6.07) is 9.74. The Labute approximate surface area is 149 Å². The van der Waals surface area contributed by atoms with Crippen molar-refractivity contribution in [2.24, 2.45) is 0 Å². The van der Waals surface area contributed by atoms with Crippen LogP contribution in [0.3, 0.4) is 0 Å². The van der Waals surface area contributed by atoms with Crippen LogP contribution in [0.25, 0.3) is 0 Å². The Morgan fingerprint density at radius 3 is 3.08 bits per heavy atom. The van der Waals surface area contributed by atoms with E-state index in [9.17, 15) is 4.79 Å². The lowest BCUT2D eigenvalue weighted by atomic mass is 9.98. The van der Waals surface area contributed by atoms with Gasteiger partial charge in [0.2, 0.25) is 5.13 Å². The van der Waals surface area contributed by atoms with Crippen LogP contribution in [0.2, 0.25) is 0 Å². The second kappa shape index (κ2) is 7.08. The smallest absolute Gasteiger partial charge is 0.257 e. The molecule has 4 rings (SSSR count). The molecule has 3 aromatic rings. The number of nitrogens with one attached hydrogen (secondary N) is 2. The number of aromatic nitrogens is 3. The minimum Gasteiger partial charge on any atom is -0.312 e. The summed E-state index contributed by atoms with van der Waals surface area (Å²) in [5.41, 5.74) is 4.22. The molecular formula is C18H17N5OS. The quantitative estimate of drug-likeness (QED) is 0.755. The summed E-state index contributed by atoms with van der Waals surface area (Å²) in [5.74, 6) is -0.148. The largest absolute Gasteiger partial charge is 0.312 e. The average Bonchev–Trinajstić information content (AvgIpc) is 3.09. The minimum absolute atomic E-state index is 0.148. The summed E-state index contributed by atoms with van der Waals surface area (Å²) >= 11 is 1.39. The molecule has 2 N–H and O–H groups in total. The van der Waals surface area contributed by atoms with Gasteiger partial charge in [-0.3, -0.25) is 15.1 Å². The normalized spacial score (nSPS) is 13.3. The van der Waals surface area contributed by atoms with Crippen molar-refractivity contribution in [2.75, 3.05) is 11.9 Å². The van der Waals surface area contributed by atoms with E-state index in [1.165, 1.54) is 22.5 Å². The molecule has 6 nitrogen and oxygen atoms in total. The van der Waals surface area contributed by atoms with Crippen LogP contribution in [0.1, 0.15) is 32.1 Å². The number of hydrogen-bond acceptors (Lipinski definition) is 6. The van der Waals surface area contributed by atoms with Crippen molar-refractivity contribution in [3.63, 3.8) is 0 Å². The maximum atomic E-state index is 12.5. The molecule has 126 valence electrons. The van der Waals surface area contributed by atoms with Crippen LogP contribution >= 0.6 is 11.3 Å². The van der Waals surface area contributed by atoms with E-state index in [1.807, 2.05) is 36.5 Å². The first-order chi connectivity index (χ1) is 12.3. The molecule has 0 fully saturated rings. The zero-order valence-electron chi connectivity index (χ0n) is 13.5. The molecule has 3 heterocycles. The van der Waals surface area contributed by atoms with Crippen LogP contribution in [0, 0.1) is 0 Å². The Balaban J connectivity index is 1.44. The van der Waals surface area contributed by atoms with Gasteiger partial charge in [-0.1, -0.05) is 23.5 Å². The molecule has 0 atom stereocenters. The lowest BCUT2D eigenvalue weighted by Crippen LogP contribution is -2.24. The van der Waals surface area contributed by atoms with Crippen molar-refractivity contribution >= 4 is 22.4 Å². The van der Waals surface area contributed by atoms with E-state index in [-0.39, 0.29) is 5.91 Å². The molecule has 1 amide bonds. The second-order valence-electron chi connectivity index (χ2n) is 5.90. The van der Waals surface area contributed by atoms with Crippen molar-refractivity contribution in [3.8, 4) is 0 Å². The van der Waals surface area contributed by atoms with Gasteiger partial charge in [-0.2, -0.15) is 0 Å². The molecule has 0 saturated heterocycles. The number of benzene rings is 1. The van der Waals surface area contributed by atoms with Crippen LogP contribution < -0.4 is 10.6 Å². The maximum absolute atomic E-state index is 12.5. The maximum Gasteiger partial charge on any atom is 0.257 e. The van der Waals surface area contributed by atoms with Crippen molar-refractivity contribution < 1.29 is 4.79 Å². The molecule has 1 aromatic carbocycles. The zero-order chi connectivity index (χ0) is 17.1. The number of anilines is 1. The highest BCUT2D eigenvalue weighted by Gasteiger charge is 2.14. The Hall–Kier alpha value is -2.64. The lowest BCUT2D eigenvalue weighted by Gasteiger charge is -2.17. The molecule has 7 heteroatoms. The number of carbonyl (C=O) groups excluding carboxylic acids is 1. The highest BCUT2D eigenvalue weighted by atomic mass is 32.1. The van der Waals surface area contributed by atoms with Crippen LogP contribution in [0.5, 0.6) is 0 Å². The third-order valence-corrected chi connectivity index (χ3v) is 4.96. The fourth-order valence-corrected chi connectivity index (χ4v) is 3.61. The van der Waals surface area contributed by atoms with E-state index in [0.29, 0.717) is 17.1 Å². The Morgan fingerprint density at radius 1 is 1.24 bits per heavy atom. The summed E-state index contributed by atoms with van der Waals surface area (Å²) in [6.07, 6.45) is 5.16. The van der Waals surface area contributed by atoms with E-state index in [4.69, 9.17) is 0 Å². The minimum atomic E-state index is -0.148. The first kappa shape index (κ1) is 15.9. The van der Waals surface area contributed by atoms with Gasteiger partial charge in [0.1, 0.15) is 5.01 Å². The molecule has 25 heavy (non-hydrogen) atoms. The van der Waals surface area contributed by atoms with Gasteiger partial charge >= 0.3 is 0 Å². The van der Waals surface area contributed by atoms with Gasteiger partial charge in [0.25, 0.3) is 5.91 Å². The summed E-state index contributed by atoms with van der Waals surface area (Å²) in [4.78, 5) is 16.6. The number of carbonyl (C=O) groups is 1.